The van der Waals surface area contributed by atoms with Crippen LogP contribution in [-0.4, -0.2) is 20.7 Å². The quantitative estimate of drug-likeness (QED) is 0.465. The summed E-state index contributed by atoms with van der Waals surface area (Å²) in [5.41, 5.74) is 10.7. The highest BCUT2D eigenvalue weighted by atomic mass is 19.1. The number of benzene rings is 2. The number of nitrogens with zero attached hydrogens (tertiary/aromatic N) is 3. The van der Waals surface area contributed by atoms with Crippen molar-refractivity contribution in [1.29, 1.82) is 0 Å². The monoisotopic (exact) mass is 445 g/mol. The summed E-state index contributed by atoms with van der Waals surface area (Å²) in [7, 11) is 1.84. The van der Waals surface area contributed by atoms with Crippen LogP contribution >= 0.6 is 0 Å². The number of hydrogen-bond acceptors (Lipinski definition) is 4. The van der Waals surface area contributed by atoms with Crippen LogP contribution in [0.5, 0.6) is 0 Å². The topological polar surface area (TPSA) is 85.8 Å². The van der Waals surface area contributed by atoms with E-state index in [2.05, 4.69) is 15.4 Å². The molecule has 33 heavy (non-hydrogen) atoms. The van der Waals surface area contributed by atoms with Crippen molar-refractivity contribution in [2.45, 2.75) is 6.92 Å². The molecule has 0 aliphatic carbocycles. The van der Waals surface area contributed by atoms with Gasteiger partial charge in [-0.2, -0.15) is 5.10 Å². The normalized spacial score (nSPS) is 11.5. The van der Waals surface area contributed by atoms with Crippen LogP contribution in [0.15, 0.2) is 73.3 Å². The van der Waals surface area contributed by atoms with Crippen LogP contribution in [0.1, 0.15) is 18.2 Å². The molecule has 8 heteroatoms. The van der Waals surface area contributed by atoms with Crippen LogP contribution in [0, 0.1) is 11.6 Å². The van der Waals surface area contributed by atoms with Gasteiger partial charge in [0.25, 0.3) is 0 Å². The molecule has 0 bridgehead atoms. The number of aromatic nitrogens is 3. The molecule has 2 aromatic carbocycles. The van der Waals surface area contributed by atoms with E-state index in [4.69, 9.17) is 5.73 Å². The molecule has 0 aliphatic rings. The molecule has 6 nitrogen and oxygen atoms in total. The Labute approximate surface area is 189 Å². The first kappa shape index (κ1) is 21.9. The second-order valence-electron chi connectivity index (χ2n) is 7.52. The summed E-state index contributed by atoms with van der Waals surface area (Å²) < 4.78 is 29.6. The number of anilines is 1. The van der Waals surface area contributed by atoms with Crippen LogP contribution in [0.3, 0.4) is 0 Å². The lowest BCUT2D eigenvalue weighted by atomic mass is 9.96. The van der Waals surface area contributed by atoms with Gasteiger partial charge in [0.05, 0.1) is 11.9 Å². The van der Waals surface area contributed by atoms with Crippen LogP contribution in [-0.2, 0) is 11.8 Å². The molecule has 2 aromatic heterocycles. The van der Waals surface area contributed by atoms with Crippen molar-refractivity contribution in [3.8, 4) is 22.3 Å². The van der Waals surface area contributed by atoms with Gasteiger partial charge in [0, 0.05) is 66.6 Å². The van der Waals surface area contributed by atoms with Gasteiger partial charge in [0.1, 0.15) is 11.6 Å². The maximum Gasteiger partial charge on any atom is 0.221 e. The smallest absolute Gasteiger partial charge is 0.221 e. The van der Waals surface area contributed by atoms with Crippen molar-refractivity contribution in [1.82, 2.24) is 14.8 Å². The highest BCUT2D eigenvalue weighted by molar-refractivity contribution is 5.92. The summed E-state index contributed by atoms with van der Waals surface area (Å²) in [6, 6.07) is 12.1. The molecular weight excluding hydrogens is 424 g/mol. The molecule has 0 radical (unpaired) electrons. The van der Waals surface area contributed by atoms with Gasteiger partial charge in [0.2, 0.25) is 5.91 Å². The number of nitrogens with two attached hydrogens (primary N) is 1. The van der Waals surface area contributed by atoms with Gasteiger partial charge in [-0.15, -0.1) is 0 Å². The molecule has 4 rings (SSSR count). The van der Waals surface area contributed by atoms with E-state index >= 15 is 0 Å². The Balaban J connectivity index is 1.77. The first-order chi connectivity index (χ1) is 15.8. The highest BCUT2D eigenvalue weighted by Crippen LogP contribution is 2.32. The number of carbonyl (C=O) groups is 1. The van der Waals surface area contributed by atoms with Gasteiger partial charge in [-0.3, -0.25) is 14.5 Å². The molecule has 0 atom stereocenters. The summed E-state index contributed by atoms with van der Waals surface area (Å²) >= 11 is 0. The summed E-state index contributed by atoms with van der Waals surface area (Å²) in [6.45, 7) is 1.38. The number of aryl methyl sites for hydroxylation is 1. The average Bonchev–Trinajstić information content (AvgIpc) is 3.20. The van der Waals surface area contributed by atoms with Gasteiger partial charge in [0.15, 0.2) is 0 Å². The third kappa shape index (κ3) is 4.79. The number of amides is 1. The summed E-state index contributed by atoms with van der Waals surface area (Å²) in [5, 5.41) is 6.88. The zero-order valence-corrected chi connectivity index (χ0v) is 18.0. The van der Waals surface area contributed by atoms with E-state index in [9.17, 15) is 13.6 Å². The lowest BCUT2D eigenvalue weighted by Gasteiger charge is -2.14. The molecule has 166 valence electrons. The fraction of sp³-hybridized carbons (Fsp3) is 0.0800. The Morgan fingerprint density at radius 3 is 2.45 bits per heavy atom. The molecule has 4 aromatic rings. The zero-order valence-electron chi connectivity index (χ0n) is 18.0. The molecule has 0 saturated carbocycles. The number of pyridine rings is 1. The summed E-state index contributed by atoms with van der Waals surface area (Å²) in [4.78, 5) is 16.2. The molecular formula is C25H21F2N5O. The van der Waals surface area contributed by atoms with E-state index in [1.165, 1.54) is 25.3 Å². The predicted molar refractivity (Wildman–Crippen MR) is 124 cm³/mol. The highest BCUT2D eigenvalue weighted by Gasteiger charge is 2.14. The van der Waals surface area contributed by atoms with E-state index in [1.54, 1.807) is 35.3 Å². The maximum absolute atomic E-state index is 14.5. The van der Waals surface area contributed by atoms with Crippen LogP contribution in [0.25, 0.3) is 27.8 Å². The summed E-state index contributed by atoms with van der Waals surface area (Å²) in [6.07, 6.45) is 6.76. The SMILES string of the molecule is CC(=O)Nc1cc(C(=CN)c2ccc(-c3cnn(C)c3)cn2)cc(-c2ccc(F)cc2F)c1. The van der Waals surface area contributed by atoms with Crippen molar-refractivity contribution in [2.24, 2.45) is 12.8 Å². The average molecular weight is 445 g/mol. The number of nitrogens with one attached hydrogen (secondary N) is 1. The fourth-order valence-corrected chi connectivity index (χ4v) is 3.56. The van der Waals surface area contributed by atoms with Crippen molar-refractivity contribution >= 4 is 17.2 Å². The Hall–Kier alpha value is -4.33. The van der Waals surface area contributed by atoms with E-state index < -0.39 is 11.6 Å². The number of halogens is 2. The Morgan fingerprint density at radius 2 is 1.85 bits per heavy atom. The number of hydrogen-bond donors (Lipinski definition) is 2. The third-order valence-corrected chi connectivity index (χ3v) is 5.05. The lowest BCUT2D eigenvalue weighted by molar-refractivity contribution is -0.114. The molecule has 1 amide bonds. The minimum atomic E-state index is -0.710. The van der Waals surface area contributed by atoms with Gasteiger partial charge in [-0.05, 0) is 47.5 Å². The van der Waals surface area contributed by atoms with E-state index in [-0.39, 0.29) is 11.5 Å². The Kier molecular flexibility index (Phi) is 5.99. The van der Waals surface area contributed by atoms with Crippen LogP contribution in [0.2, 0.25) is 0 Å². The van der Waals surface area contributed by atoms with Crippen molar-refractivity contribution in [2.75, 3.05) is 5.32 Å². The van der Waals surface area contributed by atoms with Crippen molar-refractivity contribution in [3.05, 3.63) is 96.2 Å². The first-order valence-corrected chi connectivity index (χ1v) is 10.1. The summed E-state index contributed by atoms with van der Waals surface area (Å²) in [5.74, 6) is -1.66. The standard InChI is InChI=1S/C25H21F2N5O/c1-15(33)31-21-8-17(22-5-4-20(26)10-24(22)27)7-18(9-21)23(11-28)25-6-3-16(12-29-25)19-13-30-32(2)14-19/h3-14H,28H2,1-2H3,(H,31,33). The molecule has 0 unspecified atom stereocenters. The molecule has 3 N–H and O–H groups in total. The van der Waals surface area contributed by atoms with E-state index in [0.29, 0.717) is 28.1 Å². The Morgan fingerprint density at radius 1 is 1.03 bits per heavy atom. The van der Waals surface area contributed by atoms with E-state index in [1.807, 2.05) is 25.4 Å². The second-order valence-corrected chi connectivity index (χ2v) is 7.52. The minimum Gasteiger partial charge on any atom is -0.404 e. The fourth-order valence-electron chi connectivity index (χ4n) is 3.56. The zero-order chi connectivity index (χ0) is 23.5. The van der Waals surface area contributed by atoms with Gasteiger partial charge < -0.3 is 11.1 Å². The second kappa shape index (κ2) is 9.04. The van der Waals surface area contributed by atoms with Crippen LogP contribution < -0.4 is 11.1 Å². The Bertz CT molecular complexity index is 1360. The molecule has 0 aliphatic heterocycles. The molecule has 0 spiro atoms. The van der Waals surface area contributed by atoms with E-state index in [0.717, 1.165) is 17.2 Å². The lowest BCUT2D eigenvalue weighted by Crippen LogP contribution is -2.07. The van der Waals surface area contributed by atoms with Crippen LogP contribution in [0.4, 0.5) is 14.5 Å². The van der Waals surface area contributed by atoms with Crippen molar-refractivity contribution in [3.63, 3.8) is 0 Å². The maximum atomic E-state index is 14.5. The van der Waals surface area contributed by atoms with Gasteiger partial charge >= 0.3 is 0 Å². The predicted octanol–water partition coefficient (Wildman–Crippen LogP) is 4.73. The van der Waals surface area contributed by atoms with Crippen molar-refractivity contribution < 1.29 is 13.6 Å². The van der Waals surface area contributed by atoms with Gasteiger partial charge in [-0.1, -0.05) is 6.07 Å². The van der Waals surface area contributed by atoms with Gasteiger partial charge in [-0.25, -0.2) is 8.78 Å². The molecule has 0 saturated heterocycles. The molecule has 2 heterocycles. The number of carbonyl (C=O) groups excluding carboxylic acids is 1. The third-order valence-electron chi connectivity index (χ3n) is 5.05. The number of rotatable bonds is 5. The molecule has 0 fully saturated rings. The first-order valence-electron chi connectivity index (χ1n) is 10.1. The largest absolute Gasteiger partial charge is 0.404 e. The minimum absolute atomic E-state index is 0.195.